The van der Waals surface area contributed by atoms with E-state index in [0.717, 1.165) is 32.6 Å². The van der Waals surface area contributed by atoms with E-state index < -0.39 is 0 Å². The number of nitrogens with zero attached hydrogens (tertiary/aromatic N) is 4. The molecule has 0 unspecified atom stereocenters. The van der Waals surface area contributed by atoms with Crippen LogP contribution >= 0.6 is 11.3 Å². The lowest BCUT2D eigenvalue weighted by atomic mass is 9.86. The molecule has 0 bridgehead atoms. The maximum atomic E-state index is 12.8. The van der Waals surface area contributed by atoms with Crippen LogP contribution in [0.15, 0.2) is 42.5 Å². The van der Waals surface area contributed by atoms with Crippen LogP contribution in [0.4, 0.5) is 5.69 Å². The minimum Gasteiger partial charge on any atom is -0.322 e. The Kier molecular flexibility index (Phi) is 4.70. The third-order valence-electron chi connectivity index (χ3n) is 4.89. The molecule has 2 aromatic heterocycles. The molecule has 0 spiro atoms. The van der Waals surface area contributed by atoms with E-state index in [1.807, 2.05) is 56.3 Å². The van der Waals surface area contributed by atoms with E-state index in [9.17, 15) is 4.79 Å². The third-order valence-corrected chi connectivity index (χ3v) is 5.84. The quantitative estimate of drug-likeness (QED) is 0.519. The van der Waals surface area contributed by atoms with Crippen molar-refractivity contribution in [1.82, 2.24) is 19.8 Å². The van der Waals surface area contributed by atoms with Crippen molar-refractivity contribution in [1.29, 1.82) is 0 Å². The predicted octanol–water partition coefficient (Wildman–Crippen LogP) is 5.02. The fourth-order valence-corrected chi connectivity index (χ4v) is 3.92. The van der Waals surface area contributed by atoms with Crippen molar-refractivity contribution in [3.05, 3.63) is 65.0 Å². The maximum absolute atomic E-state index is 12.8. The fourth-order valence-electron chi connectivity index (χ4n) is 3.04. The first kappa shape index (κ1) is 19.3. The minimum atomic E-state index is -0.125. The van der Waals surface area contributed by atoms with Gasteiger partial charge < -0.3 is 5.32 Å². The van der Waals surface area contributed by atoms with Crippen LogP contribution < -0.4 is 5.32 Å². The molecule has 7 heteroatoms. The Bertz CT molecular complexity index is 1200. The highest BCUT2D eigenvalue weighted by Gasteiger charge is 2.16. The van der Waals surface area contributed by atoms with E-state index in [0.29, 0.717) is 5.56 Å². The minimum absolute atomic E-state index is 0.0568. The van der Waals surface area contributed by atoms with Crippen LogP contribution in [0.2, 0.25) is 0 Å². The number of benzene rings is 2. The highest BCUT2D eigenvalue weighted by molar-refractivity contribution is 7.19. The first-order chi connectivity index (χ1) is 13.7. The molecule has 4 rings (SSSR count). The van der Waals surface area contributed by atoms with Gasteiger partial charge in [0.15, 0.2) is 5.82 Å². The van der Waals surface area contributed by atoms with Gasteiger partial charge in [-0.2, -0.15) is 9.61 Å². The smallest absolute Gasteiger partial charge is 0.255 e. The number of nitrogens with one attached hydrogen (secondary N) is 1. The van der Waals surface area contributed by atoms with Crippen LogP contribution in [-0.4, -0.2) is 25.7 Å². The molecule has 0 radical (unpaired) electrons. The highest BCUT2D eigenvalue weighted by Crippen LogP contribution is 2.29. The summed E-state index contributed by atoms with van der Waals surface area (Å²) < 4.78 is 1.73. The molecule has 1 N–H and O–H groups in total. The number of carbonyl (C=O) groups excluding carboxylic acids is 1. The predicted molar refractivity (Wildman–Crippen MR) is 117 cm³/mol. The van der Waals surface area contributed by atoms with Gasteiger partial charge in [0.1, 0.15) is 5.01 Å². The van der Waals surface area contributed by atoms with Crippen LogP contribution in [0.5, 0.6) is 0 Å². The number of fused-ring (bicyclic) bond motifs is 1. The summed E-state index contributed by atoms with van der Waals surface area (Å²) in [5.74, 6) is 0.626. The largest absolute Gasteiger partial charge is 0.322 e. The van der Waals surface area contributed by atoms with Crippen LogP contribution in [-0.2, 0) is 5.41 Å². The summed E-state index contributed by atoms with van der Waals surface area (Å²) >= 11 is 1.47. The molecule has 0 fully saturated rings. The SMILES string of the molecule is Cc1ccc(-c2nn3c(C)nnc3s2)cc1NC(=O)c1ccc(C(C)(C)C)cc1. The standard InChI is InChI=1S/C22H23N5OS/c1-13-6-7-16(20-26-27-14(2)24-25-21(27)29-20)12-18(13)23-19(28)15-8-10-17(11-9-15)22(3,4)5/h6-12H,1-5H3,(H,23,28). The van der Waals surface area contributed by atoms with Gasteiger partial charge >= 0.3 is 0 Å². The average Bonchev–Trinajstić information content (AvgIpc) is 3.25. The van der Waals surface area contributed by atoms with Gasteiger partial charge in [0.25, 0.3) is 5.91 Å². The summed E-state index contributed by atoms with van der Waals surface area (Å²) in [4.78, 5) is 13.5. The monoisotopic (exact) mass is 405 g/mol. The number of aryl methyl sites for hydroxylation is 2. The van der Waals surface area contributed by atoms with Gasteiger partial charge in [0.05, 0.1) is 0 Å². The molecule has 6 nitrogen and oxygen atoms in total. The van der Waals surface area contributed by atoms with Crippen molar-refractivity contribution in [2.45, 2.75) is 40.0 Å². The van der Waals surface area contributed by atoms with Gasteiger partial charge in [-0.05, 0) is 48.6 Å². The van der Waals surface area contributed by atoms with Crippen molar-refractivity contribution >= 4 is 27.9 Å². The normalized spacial score (nSPS) is 11.8. The van der Waals surface area contributed by atoms with E-state index >= 15 is 0 Å². The van der Waals surface area contributed by atoms with Gasteiger partial charge in [-0.3, -0.25) is 4.79 Å². The number of hydrogen-bond donors (Lipinski definition) is 1. The van der Waals surface area contributed by atoms with Crippen LogP contribution in [0.1, 0.15) is 48.1 Å². The Morgan fingerprint density at radius 1 is 1.03 bits per heavy atom. The van der Waals surface area contributed by atoms with Crippen molar-refractivity contribution in [2.24, 2.45) is 0 Å². The molecule has 4 aromatic rings. The Morgan fingerprint density at radius 2 is 1.76 bits per heavy atom. The average molecular weight is 406 g/mol. The molecule has 148 valence electrons. The fraction of sp³-hybridized carbons (Fsp3) is 0.273. The molecular formula is C22H23N5OS. The zero-order valence-corrected chi connectivity index (χ0v) is 18.0. The number of hydrogen-bond acceptors (Lipinski definition) is 5. The second-order valence-electron chi connectivity index (χ2n) is 8.16. The third kappa shape index (κ3) is 3.78. The van der Waals surface area contributed by atoms with E-state index in [1.54, 1.807) is 4.52 Å². The van der Waals surface area contributed by atoms with Crippen molar-refractivity contribution in [2.75, 3.05) is 5.32 Å². The van der Waals surface area contributed by atoms with E-state index in [4.69, 9.17) is 0 Å². The van der Waals surface area contributed by atoms with E-state index in [2.05, 4.69) is 41.4 Å². The Balaban J connectivity index is 1.60. The molecule has 1 amide bonds. The molecular weight excluding hydrogens is 382 g/mol. The van der Waals surface area contributed by atoms with Crippen LogP contribution in [0, 0.1) is 13.8 Å². The molecule has 0 aliphatic rings. The number of carbonyl (C=O) groups is 1. The molecule has 0 saturated carbocycles. The van der Waals surface area contributed by atoms with Gasteiger partial charge in [-0.1, -0.05) is 56.4 Å². The summed E-state index contributed by atoms with van der Waals surface area (Å²) in [6.07, 6.45) is 0. The van der Waals surface area contributed by atoms with Gasteiger partial charge in [0.2, 0.25) is 4.96 Å². The van der Waals surface area contributed by atoms with Crippen LogP contribution in [0.3, 0.4) is 0 Å². The first-order valence-electron chi connectivity index (χ1n) is 9.44. The second kappa shape index (κ2) is 7.08. The molecule has 0 atom stereocenters. The lowest BCUT2D eigenvalue weighted by molar-refractivity contribution is 0.102. The highest BCUT2D eigenvalue weighted by atomic mass is 32.1. The van der Waals surface area contributed by atoms with Gasteiger partial charge in [-0.15, -0.1) is 10.2 Å². The van der Waals surface area contributed by atoms with Gasteiger partial charge in [0, 0.05) is 16.8 Å². The summed E-state index contributed by atoms with van der Waals surface area (Å²) in [5, 5.41) is 16.6. The van der Waals surface area contributed by atoms with Crippen molar-refractivity contribution in [3.63, 3.8) is 0 Å². The lowest BCUT2D eigenvalue weighted by Gasteiger charge is -2.19. The summed E-state index contributed by atoms with van der Waals surface area (Å²) in [7, 11) is 0. The topological polar surface area (TPSA) is 72.2 Å². The summed E-state index contributed by atoms with van der Waals surface area (Å²) in [6.45, 7) is 10.3. The maximum Gasteiger partial charge on any atom is 0.255 e. The molecule has 0 saturated heterocycles. The molecule has 2 heterocycles. The first-order valence-corrected chi connectivity index (χ1v) is 10.3. The van der Waals surface area contributed by atoms with E-state index in [-0.39, 0.29) is 11.3 Å². The molecule has 2 aromatic carbocycles. The van der Waals surface area contributed by atoms with Crippen molar-refractivity contribution < 1.29 is 4.79 Å². The second-order valence-corrected chi connectivity index (χ2v) is 9.12. The zero-order chi connectivity index (χ0) is 20.8. The lowest BCUT2D eigenvalue weighted by Crippen LogP contribution is -2.15. The van der Waals surface area contributed by atoms with Crippen LogP contribution in [0.25, 0.3) is 15.5 Å². The number of rotatable bonds is 3. The molecule has 29 heavy (non-hydrogen) atoms. The van der Waals surface area contributed by atoms with E-state index in [1.165, 1.54) is 16.9 Å². The number of aromatic nitrogens is 4. The Hall–Kier alpha value is -3.06. The summed E-state index contributed by atoms with van der Waals surface area (Å²) in [6, 6.07) is 13.7. The number of anilines is 1. The zero-order valence-electron chi connectivity index (χ0n) is 17.1. The van der Waals surface area contributed by atoms with Crippen molar-refractivity contribution in [3.8, 4) is 10.6 Å². The Labute approximate surface area is 173 Å². The molecule has 0 aliphatic carbocycles. The number of amides is 1. The molecule has 0 aliphatic heterocycles. The Morgan fingerprint density at radius 3 is 2.41 bits per heavy atom. The summed E-state index contributed by atoms with van der Waals surface area (Å²) in [5.41, 5.74) is 4.59. The van der Waals surface area contributed by atoms with Gasteiger partial charge in [-0.25, -0.2) is 0 Å².